The van der Waals surface area contributed by atoms with Crippen LogP contribution in [0.3, 0.4) is 0 Å². The first kappa shape index (κ1) is 21.0. The Labute approximate surface area is 162 Å². The highest BCUT2D eigenvalue weighted by molar-refractivity contribution is 6.32. The van der Waals surface area contributed by atoms with Gasteiger partial charge in [-0.2, -0.15) is 5.10 Å². The van der Waals surface area contributed by atoms with Crippen LogP contribution in [0.1, 0.15) is 37.7 Å². The molecule has 1 aromatic rings. The van der Waals surface area contributed by atoms with Crippen LogP contribution in [-0.2, 0) is 9.59 Å². The highest BCUT2D eigenvalue weighted by Gasteiger charge is 2.14. The van der Waals surface area contributed by atoms with E-state index in [1.54, 1.807) is 6.07 Å². The van der Waals surface area contributed by atoms with Gasteiger partial charge in [-0.25, -0.2) is 10.2 Å². The molecular weight excluding hydrogens is 374 g/mol. The highest BCUT2D eigenvalue weighted by Crippen LogP contribution is 2.36. The summed E-state index contributed by atoms with van der Waals surface area (Å²) in [5.74, 6) is -0.936. The quantitative estimate of drug-likeness (QED) is 0.435. The monoisotopic (exact) mass is 397 g/mol. The third-order valence-electron chi connectivity index (χ3n) is 4.15. The van der Waals surface area contributed by atoms with Gasteiger partial charge in [0.05, 0.1) is 24.9 Å². The number of nitrogens with zero attached hydrogens (tertiary/aromatic N) is 1. The molecule has 0 spiro atoms. The largest absolute Gasteiger partial charge is 0.493 e. The summed E-state index contributed by atoms with van der Waals surface area (Å²) in [5.41, 5.74) is 3.03. The van der Waals surface area contributed by atoms with Crippen molar-refractivity contribution in [3.63, 3.8) is 0 Å². The summed E-state index contributed by atoms with van der Waals surface area (Å²) in [5, 5.41) is 16.0. The number of benzene rings is 1. The summed E-state index contributed by atoms with van der Waals surface area (Å²) in [6, 6.07) is 3.52. The van der Waals surface area contributed by atoms with Crippen LogP contribution in [0.15, 0.2) is 17.2 Å². The van der Waals surface area contributed by atoms with Gasteiger partial charge >= 0.3 is 5.97 Å². The summed E-state index contributed by atoms with van der Waals surface area (Å²) in [6.07, 6.45) is 7.30. The lowest BCUT2D eigenvalue weighted by atomic mass is 9.95. The fourth-order valence-electron chi connectivity index (χ4n) is 2.85. The normalized spacial score (nSPS) is 14.9. The van der Waals surface area contributed by atoms with Crippen LogP contribution in [0.2, 0.25) is 5.02 Å². The van der Waals surface area contributed by atoms with Crippen molar-refractivity contribution in [1.82, 2.24) is 10.7 Å². The SMILES string of the molecule is COc1cc(/C=N\NC(=O)CNC2CCCCC2)cc(Cl)c1OCC(=O)O. The van der Waals surface area contributed by atoms with Gasteiger partial charge in [0.1, 0.15) is 0 Å². The van der Waals surface area contributed by atoms with E-state index in [2.05, 4.69) is 15.8 Å². The first-order valence-corrected chi connectivity index (χ1v) is 9.14. The Morgan fingerprint density at radius 1 is 1.33 bits per heavy atom. The lowest BCUT2D eigenvalue weighted by molar-refractivity contribution is -0.139. The number of halogens is 1. The molecule has 0 bridgehead atoms. The minimum atomic E-state index is -1.12. The fourth-order valence-corrected chi connectivity index (χ4v) is 3.12. The maximum Gasteiger partial charge on any atom is 0.341 e. The second-order valence-electron chi connectivity index (χ2n) is 6.23. The number of hydrogen-bond acceptors (Lipinski definition) is 6. The van der Waals surface area contributed by atoms with Gasteiger partial charge in [0, 0.05) is 6.04 Å². The van der Waals surface area contributed by atoms with E-state index in [-0.39, 0.29) is 29.0 Å². The molecule has 2 rings (SSSR count). The summed E-state index contributed by atoms with van der Waals surface area (Å²) < 4.78 is 10.3. The number of hydrazone groups is 1. The number of carboxylic acid groups (broad SMARTS) is 1. The number of carboxylic acids is 1. The van der Waals surface area contributed by atoms with Crippen LogP contribution in [-0.4, -0.2) is 49.5 Å². The molecule has 8 nitrogen and oxygen atoms in total. The van der Waals surface area contributed by atoms with Gasteiger partial charge in [-0.15, -0.1) is 0 Å². The van der Waals surface area contributed by atoms with Crippen LogP contribution in [0, 0.1) is 0 Å². The Morgan fingerprint density at radius 3 is 2.74 bits per heavy atom. The third-order valence-corrected chi connectivity index (χ3v) is 4.43. The van der Waals surface area contributed by atoms with E-state index in [9.17, 15) is 9.59 Å². The molecule has 0 saturated heterocycles. The van der Waals surface area contributed by atoms with E-state index in [0.717, 1.165) is 12.8 Å². The Morgan fingerprint density at radius 2 is 2.07 bits per heavy atom. The lowest BCUT2D eigenvalue weighted by Crippen LogP contribution is -2.38. The van der Waals surface area contributed by atoms with Crippen molar-refractivity contribution in [2.75, 3.05) is 20.3 Å². The zero-order chi connectivity index (χ0) is 19.6. The second kappa shape index (κ2) is 10.7. The molecule has 1 aliphatic carbocycles. The second-order valence-corrected chi connectivity index (χ2v) is 6.63. The highest BCUT2D eigenvalue weighted by atomic mass is 35.5. The van der Waals surface area contributed by atoms with Gasteiger partial charge in [-0.1, -0.05) is 30.9 Å². The smallest absolute Gasteiger partial charge is 0.341 e. The van der Waals surface area contributed by atoms with Gasteiger partial charge < -0.3 is 19.9 Å². The predicted octanol–water partition coefficient (Wildman–Crippen LogP) is 2.18. The minimum absolute atomic E-state index is 0.138. The van der Waals surface area contributed by atoms with Crippen LogP contribution >= 0.6 is 11.6 Å². The average molecular weight is 398 g/mol. The molecule has 0 heterocycles. The topological polar surface area (TPSA) is 109 Å². The molecule has 27 heavy (non-hydrogen) atoms. The van der Waals surface area contributed by atoms with Crippen LogP contribution in [0.5, 0.6) is 11.5 Å². The van der Waals surface area contributed by atoms with Crippen molar-refractivity contribution < 1.29 is 24.2 Å². The molecule has 0 aliphatic heterocycles. The molecule has 0 aromatic heterocycles. The third kappa shape index (κ3) is 7.07. The molecule has 0 radical (unpaired) electrons. The zero-order valence-corrected chi connectivity index (χ0v) is 15.9. The number of ether oxygens (including phenoxy) is 2. The van der Waals surface area contributed by atoms with Crippen molar-refractivity contribution in [3.05, 3.63) is 22.7 Å². The van der Waals surface area contributed by atoms with Crippen molar-refractivity contribution in [2.24, 2.45) is 5.10 Å². The van der Waals surface area contributed by atoms with Gasteiger partial charge in [-0.05, 0) is 30.5 Å². The molecule has 9 heteroatoms. The number of rotatable bonds is 9. The van der Waals surface area contributed by atoms with Crippen LogP contribution < -0.4 is 20.2 Å². The van der Waals surface area contributed by atoms with E-state index in [4.69, 9.17) is 26.2 Å². The number of carbonyl (C=O) groups is 2. The Hall–Kier alpha value is -2.32. The summed E-state index contributed by atoms with van der Waals surface area (Å²) in [4.78, 5) is 22.5. The first-order chi connectivity index (χ1) is 13.0. The molecule has 148 valence electrons. The van der Waals surface area contributed by atoms with Gasteiger partial charge in [0.25, 0.3) is 5.91 Å². The molecule has 1 aromatic carbocycles. The molecule has 1 fully saturated rings. The van der Waals surface area contributed by atoms with Crippen molar-refractivity contribution in [3.8, 4) is 11.5 Å². The predicted molar refractivity (Wildman–Crippen MR) is 102 cm³/mol. The average Bonchev–Trinajstić information content (AvgIpc) is 2.65. The lowest BCUT2D eigenvalue weighted by Gasteiger charge is -2.22. The number of hydrogen-bond donors (Lipinski definition) is 3. The van der Waals surface area contributed by atoms with Crippen LogP contribution in [0.4, 0.5) is 0 Å². The maximum absolute atomic E-state index is 11.9. The van der Waals surface area contributed by atoms with Gasteiger partial charge in [0.15, 0.2) is 18.1 Å². The maximum atomic E-state index is 11.9. The Bertz CT molecular complexity index is 690. The van der Waals surface area contributed by atoms with E-state index >= 15 is 0 Å². The number of amides is 1. The Kier molecular flexibility index (Phi) is 8.35. The number of methoxy groups -OCH3 is 1. The van der Waals surface area contributed by atoms with E-state index in [1.165, 1.54) is 38.7 Å². The van der Waals surface area contributed by atoms with Gasteiger partial charge in [-0.3, -0.25) is 4.79 Å². The van der Waals surface area contributed by atoms with Gasteiger partial charge in [0.2, 0.25) is 0 Å². The van der Waals surface area contributed by atoms with Crippen molar-refractivity contribution >= 4 is 29.7 Å². The van der Waals surface area contributed by atoms with Crippen LogP contribution in [0.25, 0.3) is 0 Å². The number of carbonyl (C=O) groups excluding carboxylic acids is 1. The molecule has 1 aliphatic rings. The molecule has 0 atom stereocenters. The number of aliphatic carboxylic acids is 1. The van der Waals surface area contributed by atoms with E-state index in [1.807, 2.05) is 0 Å². The summed E-state index contributed by atoms with van der Waals surface area (Å²) >= 11 is 6.12. The van der Waals surface area contributed by atoms with Crippen molar-refractivity contribution in [2.45, 2.75) is 38.1 Å². The molecule has 3 N–H and O–H groups in total. The first-order valence-electron chi connectivity index (χ1n) is 8.77. The van der Waals surface area contributed by atoms with E-state index in [0.29, 0.717) is 11.6 Å². The Balaban J connectivity index is 1.88. The molecule has 1 saturated carbocycles. The van der Waals surface area contributed by atoms with Crippen molar-refractivity contribution in [1.29, 1.82) is 0 Å². The molecular formula is C18H24ClN3O5. The zero-order valence-electron chi connectivity index (χ0n) is 15.2. The minimum Gasteiger partial charge on any atom is -0.493 e. The molecule has 1 amide bonds. The fraction of sp³-hybridized carbons (Fsp3) is 0.500. The van der Waals surface area contributed by atoms with E-state index < -0.39 is 12.6 Å². The summed E-state index contributed by atoms with van der Waals surface area (Å²) in [6.45, 7) is -0.318. The molecule has 0 unspecified atom stereocenters. The standard InChI is InChI=1S/C18H24ClN3O5/c1-26-15-8-12(7-14(19)18(15)27-11-17(24)25)9-21-22-16(23)10-20-13-5-3-2-4-6-13/h7-9,13,20H,2-6,10-11H2,1H3,(H,22,23)(H,24,25)/b21-9-. The summed E-state index contributed by atoms with van der Waals surface area (Å²) in [7, 11) is 1.42. The number of nitrogens with one attached hydrogen (secondary N) is 2.